The van der Waals surface area contributed by atoms with Crippen molar-refractivity contribution in [2.45, 2.75) is 19.0 Å². The van der Waals surface area contributed by atoms with E-state index in [1.165, 1.54) is 18.2 Å². The van der Waals surface area contributed by atoms with E-state index in [2.05, 4.69) is 0 Å². The number of hydrogen-bond acceptors (Lipinski definition) is 3. The molecule has 76 valence electrons. The minimum Gasteiger partial charge on any atom is -0.508 e. The maximum atomic E-state index is 10.9. The van der Waals surface area contributed by atoms with Crippen LogP contribution >= 0.6 is 8.03 Å². The van der Waals surface area contributed by atoms with Gasteiger partial charge in [-0.25, -0.2) is 0 Å². The SMILES string of the molecule is CCC(c1cc(O)cc(O)c1)[P+](=O)O. The molecule has 0 aromatic heterocycles. The quantitative estimate of drug-likeness (QED) is 0.676. The summed E-state index contributed by atoms with van der Waals surface area (Å²) in [5, 5.41) is 18.4. The Morgan fingerprint density at radius 1 is 1.29 bits per heavy atom. The molecule has 2 atom stereocenters. The molecule has 0 bridgehead atoms. The average Bonchev–Trinajstić information content (AvgIpc) is 2.02. The van der Waals surface area contributed by atoms with Crippen molar-refractivity contribution in [3.63, 3.8) is 0 Å². The molecule has 0 heterocycles. The third kappa shape index (κ3) is 2.44. The summed E-state index contributed by atoms with van der Waals surface area (Å²) < 4.78 is 10.9. The van der Waals surface area contributed by atoms with Gasteiger partial charge < -0.3 is 10.2 Å². The molecule has 0 saturated heterocycles. The van der Waals surface area contributed by atoms with E-state index in [-0.39, 0.29) is 11.5 Å². The van der Waals surface area contributed by atoms with Gasteiger partial charge in [0.2, 0.25) is 5.66 Å². The molecule has 1 aromatic rings. The molecule has 1 aromatic carbocycles. The maximum absolute atomic E-state index is 10.9. The Balaban J connectivity index is 3.10. The monoisotopic (exact) mass is 215 g/mol. The summed E-state index contributed by atoms with van der Waals surface area (Å²) in [6.07, 6.45) is 0.481. The summed E-state index contributed by atoms with van der Waals surface area (Å²) in [7, 11) is -2.34. The Hall–Kier alpha value is -1.12. The van der Waals surface area contributed by atoms with Gasteiger partial charge in [-0.1, -0.05) is 6.92 Å². The van der Waals surface area contributed by atoms with Gasteiger partial charge in [0, 0.05) is 11.6 Å². The lowest BCUT2D eigenvalue weighted by molar-refractivity contribution is 0.448. The van der Waals surface area contributed by atoms with Crippen LogP contribution in [0.4, 0.5) is 0 Å². The molecule has 14 heavy (non-hydrogen) atoms. The Morgan fingerprint density at radius 2 is 1.79 bits per heavy atom. The molecule has 2 unspecified atom stereocenters. The van der Waals surface area contributed by atoms with Crippen LogP contribution in [0.15, 0.2) is 18.2 Å². The van der Waals surface area contributed by atoms with Gasteiger partial charge in [-0.15, -0.1) is 0 Å². The molecule has 1 rings (SSSR count). The van der Waals surface area contributed by atoms with Crippen molar-refractivity contribution in [1.29, 1.82) is 0 Å². The van der Waals surface area contributed by atoms with Crippen molar-refractivity contribution in [1.82, 2.24) is 0 Å². The molecule has 4 nitrogen and oxygen atoms in total. The summed E-state index contributed by atoms with van der Waals surface area (Å²) in [6.45, 7) is 1.77. The number of aromatic hydroxyl groups is 2. The fourth-order valence-electron chi connectivity index (χ4n) is 1.33. The molecular weight excluding hydrogens is 203 g/mol. The van der Waals surface area contributed by atoms with Gasteiger partial charge >= 0.3 is 8.03 Å². The van der Waals surface area contributed by atoms with Crippen LogP contribution in [0.25, 0.3) is 0 Å². The second kappa shape index (κ2) is 4.40. The van der Waals surface area contributed by atoms with Crippen molar-refractivity contribution in [3.05, 3.63) is 23.8 Å². The number of phenols is 2. The standard InChI is InChI=1S/C9H11O4P/c1-2-9(14(12)13)6-3-7(10)5-8(11)4-6/h3-5,9H,2H2,1H3,(H2-,10,11,12,13)/p+1. The van der Waals surface area contributed by atoms with E-state index in [1.807, 2.05) is 0 Å². The van der Waals surface area contributed by atoms with E-state index >= 15 is 0 Å². The van der Waals surface area contributed by atoms with Gasteiger partial charge in [-0.05, 0) is 23.1 Å². The summed E-state index contributed by atoms with van der Waals surface area (Å²) in [6, 6.07) is 3.95. The lowest BCUT2D eigenvalue weighted by Gasteiger charge is -2.03. The third-order valence-corrected chi connectivity index (χ3v) is 3.16. The molecule has 0 spiro atoms. The van der Waals surface area contributed by atoms with Gasteiger partial charge in [0.1, 0.15) is 11.5 Å². The fraction of sp³-hybridized carbons (Fsp3) is 0.333. The molecule has 5 heteroatoms. The normalized spacial score (nSPS) is 13.7. The highest BCUT2D eigenvalue weighted by atomic mass is 31.1. The van der Waals surface area contributed by atoms with Gasteiger partial charge in [-0.2, -0.15) is 4.89 Å². The molecule has 0 saturated carbocycles. The number of hydrogen-bond donors (Lipinski definition) is 3. The predicted octanol–water partition coefficient (Wildman–Crippen LogP) is 2.28. The lowest BCUT2D eigenvalue weighted by atomic mass is 10.1. The smallest absolute Gasteiger partial charge is 0.508 e. The van der Waals surface area contributed by atoms with Crippen LogP contribution in [0.5, 0.6) is 11.5 Å². The summed E-state index contributed by atoms with van der Waals surface area (Å²) in [5.74, 6) is -0.203. The predicted molar refractivity (Wildman–Crippen MR) is 52.6 cm³/mol. The first kappa shape index (κ1) is 11.0. The summed E-state index contributed by atoms with van der Waals surface area (Å²) in [4.78, 5) is 8.99. The van der Waals surface area contributed by atoms with Gasteiger partial charge in [0.15, 0.2) is 0 Å². The fourth-order valence-corrected chi connectivity index (χ4v) is 2.05. The van der Waals surface area contributed by atoms with E-state index in [1.54, 1.807) is 6.92 Å². The molecule has 0 amide bonds. The minimum atomic E-state index is -2.34. The Morgan fingerprint density at radius 3 is 2.14 bits per heavy atom. The molecule has 0 aliphatic carbocycles. The van der Waals surface area contributed by atoms with Crippen LogP contribution in [0.3, 0.4) is 0 Å². The minimum absolute atomic E-state index is 0.102. The van der Waals surface area contributed by atoms with Gasteiger partial charge in [0.25, 0.3) is 0 Å². The second-order valence-electron chi connectivity index (χ2n) is 3.01. The molecule has 0 radical (unpaired) electrons. The number of rotatable bonds is 3. The largest absolute Gasteiger partial charge is 0.513 e. The molecule has 3 N–H and O–H groups in total. The third-order valence-electron chi connectivity index (χ3n) is 1.96. The Labute approximate surface area is 82.7 Å². The van der Waals surface area contributed by atoms with Crippen molar-refractivity contribution in [2.75, 3.05) is 0 Å². The van der Waals surface area contributed by atoms with Gasteiger partial charge in [-0.3, -0.25) is 0 Å². The highest BCUT2D eigenvalue weighted by Crippen LogP contribution is 2.42. The molecular formula is C9H12O4P+. The average molecular weight is 215 g/mol. The van der Waals surface area contributed by atoms with E-state index in [0.717, 1.165) is 0 Å². The first-order valence-corrected chi connectivity index (χ1v) is 5.51. The first-order valence-electron chi connectivity index (χ1n) is 4.22. The van der Waals surface area contributed by atoms with Crippen LogP contribution < -0.4 is 0 Å². The zero-order valence-corrected chi connectivity index (χ0v) is 8.61. The van der Waals surface area contributed by atoms with E-state index < -0.39 is 13.7 Å². The van der Waals surface area contributed by atoms with Crippen LogP contribution in [-0.4, -0.2) is 15.1 Å². The van der Waals surface area contributed by atoms with E-state index in [9.17, 15) is 14.8 Å². The topological polar surface area (TPSA) is 77.8 Å². The highest BCUT2D eigenvalue weighted by Gasteiger charge is 2.29. The zero-order valence-electron chi connectivity index (χ0n) is 7.71. The van der Waals surface area contributed by atoms with E-state index in [0.29, 0.717) is 12.0 Å². The summed E-state index contributed by atoms with van der Waals surface area (Å²) >= 11 is 0. The van der Waals surface area contributed by atoms with Crippen molar-refractivity contribution in [2.24, 2.45) is 0 Å². The molecule has 0 fully saturated rings. The van der Waals surface area contributed by atoms with Crippen molar-refractivity contribution in [3.8, 4) is 11.5 Å². The Bertz CT molecular complexity index is 330. The van der Waals surface area contributed by atoms with Gasteiger partial charge in [0.05, 0.1) is 0 Å². The lowest BCUT2D eigenvalue weighted by Crippen LogP contribution is -1.91. The first-order chi connectivity index (χ1) is 6.54. The highest BCUT2D eigenvalue weighted by molar-refractivity contribution is 7.38. The maximum Gasteiger partial charge on any atom is 0.513 e. The zero-order chi connectivity index (χ0) is 10.7. The van der Waals surface area contributed by atoms with Crippen molar-refractivity contribution < 1.29 is 19.7 Å². The van der Waals surface area contributed by atoms with Crippen molar-refractivity contribution >= 4 is 8.03 Å². The molecule has 0 aliphatic heterocycles. The van der Waals surface area contributed by atoms with Crippen LogP contribution in [-0.2, 0) is 4.57 Å². The van der Waals surface area contributed by atoms with Crippen LogP contribution in [0.1, 0.15) is 24.6 Å². The van der Waals surface area contributed by atoms with Crippen LogP contribution in [0, 0.1) is 0 Å². The number of benzene rings is 1. The molecule has 0 aliphatic rings. The number of phenolic OH excluding ortho intramolecular Hbond substituents is 2. The van der Waals surface area contributed by atoms with Crippen LogP contribution in [0.2, 0.25) is 0 Å². The van der Waals surface area contributed by atoms with E-state index in [4.69, 9.17) is 4.89 Å². The second-order valence-corrected chi connectivity index (χ2v) is 4.24. The Kier molecular flexibility index (Phi) is 3.44. The summed E-state index contributed by atoms with van der Waals surface area (Å²) in [5.41, 5.74) is -0.0587.